The molecule has 0 N–H and O–H groups in total. The molecule has 1 heterocycles. The fourth-order valence-corrected chi connectivity index (χ4v) is 4.57. The molecule has 2 aromatic carbocycles. The van der Waals surface area contributed by atoms with Crippen molar-refractivity contribution < 1.29 is 17.9 Å². The Kier molecular flexibility index (Phi) is 6.95. The number of hydrogen-bond acceptors (Lipinski definition) is 4. The summed E-state index contributed by atoms with van der Waals surface area (Å²) >= 11 is 5.83. The average Bonchev–Trinajstić information content (AvgIpc) is 2.73. The van der Waals surface area contributed by atoms with Crippen LogP contribution in [0, 0.1) is 0 Å². The number of sulfonamides is 1. The number of nitrogens with zero attached hydrogens (tertiary/aromatic N) is 2. The molecule has 3 rings (SSSR count). The number of hydrogen-bond donors (Lipinski definition) is 0. The van der Waals surface area contributed by atoms with Crippen molar-refractivity contribution in [3.05, 3.63) is 65.2 Å². The smallest absolute Gasteiger partial charge is 0.246 e. The third-order valence-electron chi connectivity index (χ3n) is 4.61. The van der Waals surface area contributed by atoms with Crippen LogP contribution in [0.1, 0.15) is 12.5 Å². The molecule has 0 aliphatic carbocycles. The van der Waals surface area contributed by atoms with Gasteiger partial charge in [-0.3, -0.25) is 4.79 Å². The van der Waals surface area contributed by atoms with E-state index in [-0.39, 0.29) is 23.9 Å². The molecular weight excluding hydrogens is 412 g/mol. The Morgan fingerprint density at radius 1 is 1.03 bits per heavy atom. The SMILES string of the molecule is CCOc1ccc(/C=C/C(=O)N2CCN(S(=O)(=O)c3ccc(Cl)cc3)CC2)cc1. The van der Waals surface area contributed by atoms with E-state index in [1.165, 1.54) is 22.5 Å². The van der Waals surface area contributed by atoms with Gasteiger partial charge >= 0.3 is 0 Å². The molecule has 1 aliphatic heterocycles. The first kappa shape index (κ1) is 21.4. The molecule has 2 aromatic rings. The molecule has 0 atom stereocenters. The Morgan fingerprint density at radius 3 is 2.24 bits per heavy atom. The van der Waals surface area contributed by atoms with Crippen molar-refractivity contribution in [1.82, 2.24) is 9.21 Å². The minimum atomic E-state index is -3.59. The lowest BCUT2D eigenvalue weighted by atomic mass is 10.2. The molecule has 1 saturated heterocycles. The van der Waals surface area contributed by atoms with Crippen molar-refractivity contribution in [2.45, 2.75) is 11.8 Å². The van der Waals surface area contributed by atoms with Crippen LogP contribution in [0.15, 0.2) is 59.5 Å². The van der Waals surface area contributed by atoms with Gasteiger partial charge in [-0.05, 0) is 55.0 Å². The summed E-state index contributed by atoms with van der Waals surface area (Å²) in [6.45, 7) is 3.74. The normalized spacial score (nSPS) is 15.6. The van der Waals surface area contributed by atoms with Gasteiger partial charge < -0.3 is 9.64 Å². The summed E-state index contributed by atoms with van der Waals surface area (Å²) in [6, 6.07) is 13.6. The average molecular weight is 435 g/mol. The van der Waals surface area contributed by atoms with E-state index in [0.29, 0.717) is 24.7 Å². The van der Waals surface area contributed by atoms with Crippen molar-refractivity contribution in [3.8, 4) is 5.75 Å². The van der Waals surface area contributed by atoms with Gasteiger partial charge in [0.25, 0.3) is 0 Å². The zero-order valence-corrected chi connectivity index (χ0v) is 17.7. The van der Waals surface area contributed by atoms with Gasteiger partial charge in [-0.2, -0.15) is 4.31 Å². The summed E-state index contributed by atoms with van der Waals surface area (Å²) < 4.78 is 32.2. The highest BCUT2D eigenvalue weighted by Gasteiger charge is 2.29. The van der Waals surface area contributed by atoms with E-state index in [4.69, 9.17) is 16.3 Å². The molecule has 0 aromatic heterocycles. The van der Waals surface area contributed by atoms with Gasteiger partial charge in [-0.15, -0.1) is 0 Å². The van der Waals surface area contributed by atoms with Crippen LogP contribution in [0.25, 0.3) is 6.08 Å². The van der Waals surface area contributed by atoms with Gasteiger partial charge in [0.15, 0.2) is 0 Å². The number of amides is 1. The third kappa shape index (κ3) is 5.38. The van der Waals surface area contributed by atoms with E-state index in [1.54, 1.807) is 23.1 Å². The predicted octanol–water partition coefficient (Wildman–Crippen LogP) is 3.29. The van der Waals surface area contributed by atoms with Crippen LogP contribution in [0.5, 0.6) is 5.75 Å². The summed E-state index contributed by atoms with van der Waals surface area (Å²) in [5, 5.41) is 0.485. The van der Waals surface area contributed by atoms with E-state index < -0.39 is 10.0 Å². The van der Waals surface area contributed by atoms with Crippen LogP contribution in [-0.4, -0.2) is 56.3 Å². The lowest BCUT2D eigenvalue weighted by molar-refractivity contribution is -0.127. The third-order valence-corrected chi connectivity index (χ3v) is 6.78. The lowest BCUT2D eigenvalue weighted by Crippen LogP contribution is -2.50. The first-order chi connectivity index (χ1) is 13.9. The van der Waals surface area contributed by atoms with Crippen molar-refractivity contribution in [3.63, 3.8) is 0 Å². The molecule has 8 heteroatoms. The van der Waals surface area contributed by atoms with E-state index in [9.17, 15) is 13.2 Å². The number of benzene rings is 2. The largest absolute Gasteiger partial charge is 0.494 e. The molecule has 1 amide bonds. The molecule has 29 heavy (non-hydrogen) atoms. The van der Waals surface area contributed by atoms with Crippen molar-refractivity contribution >= 4 is 33.6 Å². The highest BCUT2D eigenvalue weighted by molar-refractivity contribution is 7.89. The van der Waals surface area contributed by atoms with Gasteiger partial charge in [0.1, 0.15) is 5.75 Å². The molecule has 6 nitrogen and oxygen atoms in total. The summed E-state index contributed by atoms with van der Waals surface area (Å²) in [5.74, 6) is 0.649. The fourth-order valence-electron chi connectivity index (χ4n) is 3.02. The summed E-state index contributed by atoms with van der Waals surface area (Å²) in [5.41, 5.74) is 0.894. The van der Waals surface area contributed by atoms with E-state index in [2.05, 4.69) is 0 Å². The zero-order valence-electron chi connectivity index (χ0n) is 16.1. The topological polar surface area (TPSA) is 66.9 Å². The maximum atomic E-state index is 12.7. The van der Waals surface area contributed by atoms with Crippen LogP contribution >= 0.6 is 11.6 Å². The second-order valence-corrected chi connectivity index (χ2v) is 8.89. The molecule has 0 radical (unpaired) electrons. The summed E-state index contributed by atoms with van der Waals surface area (Å²) in [4.78, 5) is 14.3. The Balaban J connectivity index is 1.57. The van der Waals surface area contributed by atoms with E-state index in [0.717, 1.165) is 11.3 Å². The minimum absolute atomic E-state index is 0.137. The molecule has 0 bridgehead atoms. The summed E-state index contributed by atoms with van der Waals surface area (Å²) in [6.07, 6.45) is 3.26. The van der Waals surface area contributed by atoms with Crippen LogP contribution < -0.4 is 4.74 Å². The second-order valence-electron chi connectivity index (χ2n) is 6.52. The molecule has 1 aliphatic rings. The Labute approximate surface area is 176 Å². The van der Waals surface area contributed by atoms with Gasteiger partial charge in [0.05, 0.1) is 11.5 Å². The Bertz CT molecular complexity index is 965. The quantitative estimate of drug-likeness (QED) is 0.654. The zero-order chi connectivity index (χ0) is 20.9. The number of rotatable bonds is 6. The molecular formula is C21H23ClN2O4S. The van der Waals surface area contributed by atoms with Crippen LogP contribution in [-0.2, 0) is 14.8 Å². The molecule has 154 valence electrons. The minimum Gasteiger partial charge on any atom is -0.494 e. The van der Waals surface area contributed by atoms with Gasteiger partial charge in [-0.1, -0.05) is 23.7 Å². The van der Waals surface area contributed by atoms with E-state index in [1.807, 2.05) is 31.2 Å². The Morgan fingerprint density at radius 2 is 1.66 bits per heavy atom. The van der Waals surface area contributed by atoms with Crippen molar-refractivity contribution in [1.29, 1.82) is 0 Å². The monoisotopic (exact) mass is 434 g/mol. The van der Waals surface area contributed by atoms with Crippen LogP contribution in [0.2, 0.25) is 5.02 Å². The van der Waals surface area contributed by atoms with Crippen molar-refractivity contribution in [2.75, 3.05) is 32.8 Å². The lowest BCUT2D eigenvalue weighted by Gasteiger charge is -2.33. The van der Waals surface area contributed by atoms with Gasteiger partial charge in [0.2, 0.25) is 15.9 Å². The fraction of sp³-hybridized carbons (Fsp3) is 0.286. The van der Waals surface area contributed by atoms with Gasteiger partial charge in [-0.25, -0.2) is 8.42 Å². The van der Waals surface area contributed by atoms with Gasteiger partial charge in [0, 0.05) is 37.3 Å². The molecule has 1 fully saturated rings. The maximum absolute atomic E-state index is 12.7. The highest BCUT2D eigenvalue weighted by Crippen LogP contribution is 2.20. The van der Waals surface area contributed by atoms with Crippen LogP contribution in [0.4, 0.5) is 0 Å². The number of ether oxygens (including phenoxy) is 1. The first-order valence-electron chi connectivity index (χ1n) is 9.35. The standard InChI is InChI=1S/C21H23ClN2O4S/c1-2-28-19-8-3-17(4-9-19)5-12-21(25)23-13-15-24(16-14-23)29(26,27)20-10-6-18(22)7-11-20/h3-12H,2,13-16H2,1H3/b12-5+. The number of carbonyl (C=O) groups excluding carboxylic acids is 1. The first-order valence-corrected chi connectivity index (χ1v) is 11.2. The van der Waals surface area contributed by atoms with E-state index >= 15 is 0 Å². The second kappa shape index (κ2) is 9.43. The predicted molar refractivity (Wildman–Crippen MR) is 113 cm³/mol. The number of piperazine rings is 1. The maximum Gasteiger partial charge on any atom is 0.246 e. The molecule has 0 saturated carbocycles. The van der Waals surface area contributed by atoms with Crippen LogP contribution in [0.3, 0.4) is 0 Å². The van der Waals surface area contributed by atoms with Crippen molar-refractivity contribution in [2.24, 2.45) is 0 Å². The number of carbonyl (C=O) groups is 1. The molecule has 0 unspecified atom stereocenters. The highest BCUT2D eigenvalue weighted by atomic mass is 35.5. The summed E-state index contributed by atoms with van der Waals surface area (Å²) in [7, 11) is -3.59. The Hall–Kier alpha value is -2.35. The molecule has 0 spiro atoms. The number of halogens is 1.